The number of aliphatic carboxylic acids is 1. The van der Waals surface area contributed by atoms with Crippen LogP contribution in [-0.2, 0) is 4.79 Å². The third-order valence-electron chi connectivity index (χ3n) is 1.18. The Kier molecular flexibility index (Phi) is 3.30. The molecule has 3 nitrogen and oxygen atoms in total. The molecule has 0 bridgehead atoms. The molecule has 1 rings (SSSR count). The minimum absolute atomic E-state index is 0.176. The first-order valence-electron chi connectivity index (χ1n) is 3.50. The van der Waals surface area contributed by atoms with Gasteiger partial charge in [0, 0.05) is 6.20 Å². The van der Waals surface area contributed by atoms with Crippen LogP contribution in [0.15, 0.2) is 18.3 Å². The van der Waals surface area contributed by atoms with E-state index in [1.165, 1.54) is 6.20 Å². The van der Waals surface area contributed by atoms with Crippen molar-refractivity contribution in [1.82, 2.24) is 4.98 Å². The van der Waals surface area contributed by atoms with Crippen LogP contribution in [0.25, 0.3) is 0 Å². The lowest BCUT2D eigenvalue weighted by molar-refractivity contribution is -0.135. The van der Waals surface area contributed by atoms with Gasteiger partial charge >= 0.3 is 5.97 Å². The van der Waals surface area contributed by atoms with E-state index in [1.807, 2.05) is 0 Å². The average Bonchev–Trinajstić information content (AvgIpc) is 2.08. The first kappa shape index (κ1) is 9.56. The summed E-state index contributed by atoms with van der Waals surface area (Å²) in [5.41, 5.74) is 0.519. The highest BCUT2D eigenvalue weighted by atomic mass is 35.5. The lowest BCUT2D eigenvalue weighted by Gasteiger charge is -1.88. The third kappa shape index (κ3) is 3.59. The summed E-state index contributed by atoms with van der Waals surface area (Å²) in [6, 6.07) is 3.29. The van der Waals surface area contributed by atoms with Crippen LogP contribution in [0, 0.1) is 11.8 Å². The third-order valence-corrected chi connectivity index (χ3v) is 1.41. The van der Waals surface area contributed by atoms with Crippen molar-refractivity contribution in [1.29, 1.82) is 0 Å². The molecule has 0 amide bonds. The molecule has 0 aromatic carbocycles. The number of carboxylic acids is 1. The van der Waals surface area contributed by atoms with Crippen molar-refractivity contribution in [2.45, 2.75) is 6.42 Å². The second-order valence-electron chi connectivity index (χ2n) is 2.23. The monoisotopic (exact) mass is 195 g/mol. The zero-order chi connectivity index (χ0) is 9.68. The molecule has 1 aromatic rings. The predicted molar refractivity (Wildman–Crippen MR) is 48.4 cm³/mol. The van der Waals surface area contributed by atoms with Gasteiger partial charge in [0.2, 0.25) is 0 Å². The van der Waals surface area contributed by atoms with Gasteiger partial charge in [0.05, 0.1) is 5.02 Å². The van der Waals surface area contributed by atoms with Crippen molar-refractivity contribution in [3.05, 3.63) is 29.0 Å². The Balaban J connectivity index is 2.67. The minimum atomic E-state index is -0.943. The van der Waals surface area contributed by atoms with Gasteiger partial charge in [-0.25, -0.2) is 4.98 Å². The molecule has 0 aliphatic carbocycles. The second-order valence-corrected chi connectivity index (χ2v) is 2.67. The molecule has 0 saturated carbocycles. The fourth-order valence-corrected chi connectivity index (χ4v) is 0.772. The van der Waals surface area contributed by atoms with E-state index in [-0.39, 0.29) is 6.42 Å². The summed E-state index contributed by atoms with van der Waals surface area (Å²) >= 11 is 5.59. The SMILES string of the molecule is O=C(O)CC#Cc1ccc(Cl)cn1. The number of aromatic nitrogens is 1. The van der Waals surface area contributed by atoms with Crippen LogP contribution in [0.3, 0.4) is 0 Å². The molecule has 0 aliphatic rings. The maximum Gasteiger partial charge on any atom is 0.315 e. The van der Waals surface area contributed by atoms with E-state index in [0.29, 0.717) is 10.7 Å². The lowest BCUT2D eigenvalue weighted by atomic mass is 10.3. The average molecular weight is 196 g/mol. The number of hydrogen-bond donors (Lipinski definition) is 1. The smallest absolute Gasteiger partial charge is 0.315 e. The fraction of sp³-hybridized carbons (Fsp3) is 0.111. The predicted octanol–water partition coefficient (Wildman–Crippen LogP) is 1.56. The molecule has 0 atom stereocenters. The summed E-state index contributed by atoms with van der Waals surface area (Å²) in [5, 5.41) is 8.82. The molecule has 13 heavy (non-hydrogen) atoms. The number of carboxylic acid groups (broad SMARTS) is 1. The van der Waals surface area contributed by atoms with Crippen LogP contribution >= 0.6 is 11.6 Å². The van der Waals surface area contributed by atoms with Gasteiger partial charge in [-0.1, -0.05) is 17.5 Å². The highest BCUT2D eigenvalue weighted by Gasteiger charge is 1.90. The van der Waals surface area contributed by atoms with Gasteiger partial charge in [-0.3, -0.25) is 4.79 Å². The molecule has 66 valence electrons. The molecular weight excluding hydrogens is 190 g/mol. The maximum absolute atomic E-state index is 10.1. The quantitative estimate of drug-likeness (QED) is 0.692. The molecule has 0 unspecified atom stereocenters. The van der Waals surface area contributed by atoms with Crippen molar-refractivity contribution < 1.29 is 9.90 Å². The Morgan fingerprint density at radius 2 is 2.38 bits per heavy atom. The molecule has 1 aromatic heterocycles. The summed E-state index contributed by atoms with van der Waals surface area (Å²) in [7, 11) is 0. The molecule has 1 heterocycles. The maximum atomic E-state index is 10.1. The Morgan fingerprint density at radius 1 is 1.62 bits per heavy atom. The van der Waals surface area contributed by atoms with E-state index in [1.54, 1.807) is 12.1 Å². The van der Waals surface area contributed by atoms with E-state index in [0.717, 1.165) is 0 Å². The molecule has 0 aliphatic heterocycles. The summed E-state index contributed by atoms with van der Waals surface area (Å²) in [4.78, 5) is 14.0. The minimum Gasteiger partial charge on any atom is -0.481 e. The summed E-state index contributed by atoms with van der Waals surface area (Å²) in [5.74, 6) is 4.12. The van der Waals surface area contributed by atoms with Gasteiger partial charge < -0.3 is 5.11 Å². The topological polar surface area (TPSA) is 50.2 Å². The Labute approximate surface area is 80.4 Å². The highest BCUT2D eigenvalue weighted by Crippen LogP contribution is 2.04. The number of halogens is 1. The molecule has 0 spiro atoms. The highest BCUT2D eigenvalue weighted by molar-refractivity contribution is 6.30. The van der Waals surface area contributed by atoms with Crippen LogP contribution in [0.2, 0.25) is 5.02 Å². The van der Waals surface area contributed by atoms with Crippen molar-refractivity contribution in [2.24, 2.45) is 0 Å². The Morgan fingerprint density at radius 3 is 2.92 bits per heavy atom. The van der Waals surface area contributed by atoms with Crippen LogP contribution < -0.4 is 0 Å². The summed E-state index contributed by atoms with van der Waals surface area (Å²) in [6.07, 6.45) is 1.29. The fourth-order valence-electron chi connectivity index (χ4n) is 0.660. The lowest BCUT2D eigenvalue weighted by Crippen LogP contribution is -1.90. The van der Waals surface area contributed by atoms with E-state index in [4.69, 9.17) is 16.7 Å². The van der Waals surface area contributed by atoms with Crippen LogP contribution in [0.5, 0.6) is 0 Å². The van der Waals surface area contributed by atoms with E-state index >= 15 is 0 Å². The Bertz CT molecular complexity index is 361. The first-order chi connectivity index (χ1) is 6.18. The van der Waals surface area contributed by atoms with Crippen molar-refractivity contribution in [2.75, 3.05) is 0 Å². The van der Waals surface area contributed by atoms with E-state index < -0.39 is 5.97 Å². The largest absolute Gasteiger partial charge is 0.481 e. The summed E-state index contributed by atoms with van der Waals surface area (Å²) in [6.45, 7) is 0. The molecule has 0 fully saturated rings. The number of hydrogen-bond acceptors (Lipinski definition) is 2. The molecule has 4 heteroatoms. The van der Waals surface area contributed by atoms with Gasteiger partial charge in [-0.2, -0.15) is 0 Å². The van der Waals surface area contributed by atoms with Gasteiger partial charge in [0.1, 0.15) is 12.1 Å². The van der Waals surface area contributed by atoms with Gasteiger partial charge in [-0.05, 0) is 18.1 Å². The number of rotatable bonds is 1. The number of carbonyl (C=O) groups is 1. The summed E-state index contributed by atoms with van der Waals surface area (Å²) < 4.78 is 0. The first-order valence-corrected chi connectivity index (χ1v) is 3.88. The molecule has 0 radical (unpaired) electrons. The standard InChI is InChI=1S/C9H6ClNO2/c10-7-4-5-8(11-6-7)2-1-3-9(12)13/h4-6H,3H2,(H,12,13). The van der Waals surface area contributed by atoms with Crippen molar-refractivity contribution in [3.63, 3.8) is 0 Å². The zero-order valence-electron chi connectivity index (χ0n) is 6.62. The molecule has 1 N–H and O–H groups in total. The molecular formula is C9H6ClNO2. The van der Waals surface area contributed by atoms with Gasteiger partial charge in [0.15, 0.2) is 0 Å². The van der Waals surface area contributed by atoms with Crippen molar-refractivity contribution in [3.8, 4) is 11.8 Å². The van der Waals surface area contributed by atoms with Gasteiger partial charge in [-0.15, -0.1) is 0 Å². The van der Waals surface area contributed by atoms with Crippen LogP contribution in [0.1, 0.15) is 12.1 Å². The number of nitrogens with zero attached hydrogens (tertiary/aromatic N) is 1. The second kappa shape index (κ2) is 4.48. The van der Waals surface area contributed by atoms with Crippen molar-refractivity contribution >= 4 is 17.6 Å². The normalized spacial score (nSPS) is 8.69. The Hall–Kier alpha value is -1.53. The zero-order valence-corrected chi connectivity index (χ0v) is 7.38. The molecule has 0 saturated heterocycles. The van der Waals surface area contributed by atoms with Gasteiger partial charge in [0.25, 0.3) is 0 Å². The van der Waals surface area contributed by atoms with E-state index in [2.05, 4.69) is 16.8 Å². The number of pyridine rings is 1. The van der Waals surface area contributed by atoms with Crippen LogP contribution in [-0.4, -0.2) is 16.1 Å². The van der Waals surface area contributed by atoms with E-state index in [9.17, 15) is 4.79 Å². The van der Waals surface area contributed by atoms with Crippen LogP contribution in [0.4, 0.5) is 0 Å².